The van der Waals surface area contributed by atoms with Gasteiger partial charge in [-0.25, -0.2) is 18.4 Å². The van der Waals surface area contributed by atoms with Gasteiger partial charge in [-0.15, -0.1) is 0 Å². The predicted molar refractivity (Wildman–Crippen MR) is 96.5 cm³/mol. The topological polar surface area (TPSA) is 43.1 Å². The zero-order chi connectivity index (χ0) is 18.6. The van der Waals surface area contributed by atoms with E-state index in [2.05, 4.69) is 15.1 Å². The van der Waals surface area contributed by atoms with E-state index in [0.717, 1.165) is 0 Å². The monoisotopic (exact) mass is 392 g/mol. The molecule has 26 heavy (non-hydrogen) atoms. The molecule has 0 radical (unpaired) electrons. The molecule has 4 rings (SSSR count). The standard InChI is InChI=1S/C18H12Cl2F2N4/c1-8-18-24-9(2)25-26(18)13-7-6-10(19)16(20)15(13)17(23-8)14-11(21)4-3-5-12(14)22/h3-8H,1-2H3/t8-/m0/s1. The minimum atomic E-state index is -0.735. The zero-order valence-corrected chi connectivity index (χ0v) is 15.3. The van der Waals surface area contributed by atoms with E-state index >= 15 is 0 Å². The smallest absolute Gasteiger partial charge is 0.157 e. The van der Waals surface area contributed by atoms with Crippen molar-refractivity contribution < 1.29 is 8.78 Å². The summed E-state index contributed by atoms with van der Waals surface area (Å²) >= 11 is 12.6. The Morgan fingerprint density at radius 3 is 2.42 bits per heavy atom. The molecule has 0 saturated carbocycles. The van der Waals surface area contributed by atoms with E-state index in [4.69, 9.17) is 23.2 Å². The third-order valence-corrected chi connectivity index (χ3v) is 4.98. The first-order chi connectivity index (χ1) is 12.4. The van der Waals surface area contributed by atoms with Crippen molar-refractivity contribution in [1.82, 2.24) is 14.8 Å². The first kappa shape index (κ1) is 17.1. The van der Waals surface area contributed by atoms with E-state index in [9.17, 15) is 8.78 Å². The van der Waals surface area contributed by atoms with Crippen molar-refractivity contribution in [3.05, 3.63) is 74.8 Å². The van der Waals surface area contributed by atoms with Crippen molar-refractivity contribution in [2.75, 3.05) is 0 Å². The normalized spacial score (nSPS) is 15.9. The lowest BCUT2D eigenvalue weighted by molar-refractivity contribution is 0.578. The Kier molecular flexibility index (Phi) is 4.04. The van der Waals surface area contributed by atoms with E-state index < -0.39 is 17.7 Å². The van der Waals surface area contributed by atoms with Crippen LogP contribution in [0.4, 0.5) is 8.78 Å². The van der Waals surface area contributed by atoms with Gasteiger partial charge < -0.3 is 0 Å². The summed E-state index contributed by atoms with van der Waals surface area (Å²) in [6, 6.07) is 6.45. The largest absolute Gasteiger partial charge is 0.273 e. The number of rotatable bonds is 1. The van der Waals surface area contributed by atoms with Gasteiger partial charge in [-0.2, -0.15) is 5.10 Å². The lowest BCUT2D eigenvalue weighted by atomic mass is 9.99. The molecule has 2 heterocycles. The average molecular weight is 393 g/mol. The van der Waals surface area contributed by atoms with Gasteiger partial charge in [0.1, 0.15) is 23.5 Å². The SMILES string of the molecule is Cc1nc2n(n1)-c1ccc(Cl)c(Cl)c1C(c1c(F)cccc1F)=N[C@H]2C. The van der Waals surface area contributed by atoms with E-state index in [1.807, 2.05) is 0 Å². The van der Waals surface area contributed by atoms with Crippen LogP contribution >= 0.6 is 23.2 Å². The van der Waals surface area contributed by atoms with Crippen LogP contribution in [0.2, 0.25) is 10.0 Å². The molecule has 1 atom stereocenters. The molecule has 0 unspecified atom stereocenters. The summed E-state index contributed by atoms with van der Waals surface area (Å²) in [7, 11) is 0. The van der Waals surface area contributed by atoms with Crippen LogP contribution in [0.1, 0.15) is 35.7 Å². The second-order valence-electron chi connectivity index (χ2n) is 5.93. The average Bonchev–Trinajstić information content (AvgIpc) is 2.93. The van der Waals surface area contributed by atoms with Crippen LogP contribution in [-0.4, -0.2) is 20.5 Å². The van der Waals surface area contributed by atoms with Gasteiger partial charge in [0.15, 0.2) is 5.82 Å². The first-order valence-electron chi connectivity index (χ1n) is 7.83. The number of nitrogens with zero attached hydrogens (tertiary/aromatic N) is 4. The molecule has 0 amide bonds. The summed E-state index contributed by atoms with van der Waals surface area (Å²) in [6.07, 6.45) is 0. The van der Waals surface area contributed by atoms with Crippen LogP contribution in [-0.2, 0) is 0 Å². The van der Waals surface area contributed by atoms with Gasteiger partial charge >= 0.3 is 0 Å². The number of hydrogen-bond donors (Lipinski definition) is 0. The second kappa shape index (κ2) is 6.14. The third kappa shape index (κ3) is 2.52. The van der Waals surface area contributed by atoms with Gasteiger partial charge in [-0.1, -0.05) is 29.3 Å². The van der Waals surface area contributed by atoms with Gasteiger partial charge in [-0.05, 0) is 38.1 Å². The molecule has 1 aliphatic heterocycles. The highest BCUT2D eigenvalue weighted by Crippen LogP contribution is 2.37. The number of aliphatic imine (C=N–C) groups is 1. The van der Waals surface area contributed by atoms with E-state index in [-0.39, 0.29) is 21.3 Å². The number of aryl methyl sites for hydroxylation is 1. The lowest BCUT2D eigenvalue weighted by Gasteiger charge is -2.14. The maximum atomic E-state index is 14.5. The van der Waals surface area contributed by atoms with Crippen molar-refractivity contribution in [3.8, 4) is 5.69 Å². The van der Waals surface area contributed by atoms with Crippen molar-refractivity contribution in [3.63, 3.8) is 0 Å². The molecule has 2 aromatic carbocycles. The van der Waals surface area contributed by atoms with Crippen LogP contribution < -0.4 is 0 Å². The molecule has 0 N–H and O–H groups in total. The molecule has 0 saturated heterocycles. The van der Waals surface area contributed by atoms with Crippen molar-refractivity contribution >= 4 is 28.9 Å². The highest BCUT2D eigenvalue weighted by molar-refractivity contribution is 6.45. The number of hydrogen-bond acceptors (Lipinski definition) is 3. The number of halogens is 4. The molecule has 1 aromatic heterocycles. The molecular weight excluding hydrogens is 381 g/mol. The number of aromatic nitrogens is 3. The molecule has 0 bridgehead atoms. The van der Waals surface area contributed by atoms with Crippen LogP contribution in [0.25, 0.3) is 5.69 Å². The molecule has 0 aliphatic carbocycles. The third-order valence-electron chi connectivity index (χ3n) is 4.17. The van der Waals surface area contributed by atoms with Gasteiger partial charge in [-0.3, -0.25) is 4.99 Å². The van der Waals surface area contributed by atoms with Crippen LogP contribution in [0, 0.1) is 18.6 Å². The highest BCUT2D eigenvalue weighted by atomic mass is 35.5. The quantitative estimate of drug-likeness (QED) is 0.579. The first-order valence-corrected chi connectivity index (χ1v) is 8.58. The Hall–Kier alpha value is -2.31. The molecule has 132 valence electrons. The Bertz CT molecular complexity index is 1060. The number of fused-ring (bicyclic) bond motifs is 3. The molecule has 4 nitrogen and oxygen atoms in total. The fraction of sp³-hybridized carbons (Fsp3) is 0.167. The van der Waals surface area contributed by atoms with Crippen molar-refractivity contribution in [2.45, 2.75) is 19.9 Å². The molecular formula is C18H12Cl2F2N4. The van der Waals surface area contributed by atoms with Crippen LogP contribution in [0.15, 0.2) is 35.3 Å². The summed E-state index contributed by atoms with van der Waals surface area (Å²) in [5.74, 6) is -0.364. The summed E-state index contributed by atoms with van der Waals surface area (Å²) < 4.78 is 30.6. The minimum absolute atomic E-state index is 0.0838. The van der Waals surface area contributed by atoms with E-state index in [0.29, 0.717) is 22.9 Å². The molecule has 0 fully saturated rings. The molecule has 0 spiro atoms. The molecule has 8 heteroatoms. The van der Waals surface area contributed by atoms with Crippen molar-refractivity contribution in [2.24, 2.45) is 4.99 Å². The Balaban J connectivity index is 2.13. The Morgan fingerprint density at radius 1 is 1.04 bits per heavy atom. The molecule has 3 aromatic rings. The summed E-state index contributed by atoms with van der Waals surface area (Å²) in [6.45, 7) is 3.53. The van der Waals surface area contributed by atoms with E-state index in [1.165, 1.54) is 18.2 Å². The maximum absolute atomic E-state index is 14.5. The summed E-state index contributed by atoms with van der Waals surface area (Å²) in [5, 5.41) is 4.79. The van der Waals surface area contributed by atoms with Crippen LogP contribution in [0.3, 0.4) is 0 Å². The van der Waals surface area contributed by atoms with Crippen molar-refractivity contribution in [1.29, 1.82) is 0 Å². The van der Waals surface area contributed by atoms with Gasteiger partial charge in [0.2, 0.25) is 0 Å². The Labute approximate surface area is 158 Å². The van der Waals surface area contributed by atoms with Gasteiger partial charge in [0.25, 0.3) is 0 Å². The zero-order valence-electron chi connectivity index (χ0n) is 13.8. The summed E-state index contributed by atoms with van der Waals surface area (Å²) in [4.78, 5) is 8.93. The highest BCUT2D eigenvalue weighted by Gasteiger charge is 2.30. The second-order valence-corrected chi connectivity index (χ2v) is 6.72. The van der Waals surface area contributed by atoms with E-state index in [1.54, 1.807) is 30.7 Å². The fourth-order valence-corrected chi connectivity index (χ4v) is 3.46. The van der Waals surface area contributed by atoms with Gasteiger partial charge in [0, 0.05) is 5.56 Å². The molecule has 1 aliphatic rings. The Morgan fingerprint density at radius 2 is 1.73 bits per heavy atom. The fourth-order valence-electron chi connectivity index (χ4n) is 3.05. The summed E-state index contributed by atoms with van der Waals surface area (Å²) in [5.41, 5.74) is 0.659. The number of benzene rings is 2. The van der Waals surface area contributed by atoms with Crippen LogP contribution in [0.5, 0.6) is 0 Å². The maximum Gasteiger partial charge on any atom is 0.157 e. The van der Waals surface area contributed by atoms with Gasteiger partial charge in [0.05, 0.1) is 27.0 Å². The lowest BCUT2D eigenvalue weighted by Crippen LogP contribution is -2.13. The predicted octanol–water partition coefficient (Wildman–Crippen LogP) is 5.07. The minimum Gasteiger partial charge on any atom is -0.273 e.